The lowest BCUT2D eigenvalue weighted by Crippen LogP contribution is -1.94. The van der Waals surface area contributed by atoms with Crippen LogP contribution in [0.2, 0.25) is 0 Å². The number of aryl methyl sites for hydroxylation is 1. The number of nitro benzene ring substituents is 1. The molecule has 0 amide bonds. The van der Waals surface area contributed by atoms with Crippen LogP contribution in [0.3, 0.4) is 0 Å². The summed E-state index contributed by atoms with van der Waals surface area (Å²) in [5, 5.41) is 11.4. The first-order valence-corrected chi connectivity index (χ1v) is 5.85. The van der Waals surface area contributed by atoms with Crippen molar-refractivity contribution in [1.29, 1.82) is 0 Å². The predicted molar refractivity (Wildman–Crippen MR) is 65.2 cm³/mol. The SMILES string of the molecule is Cc1cc(F)c(C=CCCBr)cc1[N+](=O)[O-]. The van der Waals surface area contributed by atoms with Crippen molar-refractivity contribution in [3.05, 3.63) is 45.3 Å². The van der Waals surface area contributed by atoms with E-state index in [1.165, 1.54) is 19.1 Å². The largest absolute Gasteiger partial charge is 0.273 e. The quantitative estimate of drug-likeness (QED) is 0.480. The van der Waals surface area contributed by atoms with Crippen molar-refractivity contribution in [3.63, 3.8) is 0 Å². The lowest BCUT2D eigenvalue weighted by Gasteiger charge is -2.01. The van der Waals surface area contributed by atoms with E-state index in [0.29, 0.717) is 5.56 Å². The van der Waals surface area contributed by atoms with E-state index in [4.69, 9.17) is 0 Å². The molecule has 5 heteroatoms. The molecule has 0 fully saturated rings. The van der Waals surface area contributed by atoms with Crippen molar-refractivity contribution >= 4 is 27.7 Å². The highest BCUT2D eigenvalue weighted by atomic mass is 79.9. The van der Waals surface area contributed by atoms with E-state index in [2.05, 4.69) is 15.9 Å². The van der Waals surface area contributed by atoms with E-state index in [-0.39, 0.29) is 11.3 Å². The standard InChI is InChI=1S/C11H11BrFNO2/c1-8-6-10(13)9(4-2-3-5-12)7-11(8)14(15)16/h2,4,6-7H,3,5H2,1H3. The minimum Gasteiger partial charge on any atom is -0.258 e. The molecule has 3 nitrogen and oxygen atoms in total. The molecule has 0 atom stereocenters. The first-order valence-electron chi connectivity index (χ1n) is 4.73. The molecule has 0 spiro atoms. The van der Waals surface area contributed by atoms with Gasteiger partial charge in [0.1, 0.15) is 5.82 Å². The molecule has 0 heterocycles. The van der Waals surface area contributed by atoms with Gasteiger partial charge >= 0.3 is 0 Å². The monoisotopic (exact) mass is 287 g/mol. The van der Waals surface area contributed by atoms with Gasteiger partial charge in [0.05, 0.1) is 4.92 Å². The molecule has 0 N–H and O–H groups in total. The van der Waals surface area contributed by atoms with Crippen LogP contribution in [0.25, 0.3) is 6.08 Å². The van der Waals surface area contributed by atoms with Gasteiger partial charge in [0.2, 0.25) is 0 Å². The first-order chi connectivity index (χ1) is 7.56. The Balaban J connectivity index is 3.09. The van der Waals surface area contributed by atoms with Gasteiger partial charge in [-0.1, -0.05) is 28.1 Å². The van der Waals surface area contributed by atoms with Gasteiger partial charge in [0, 0.05) is 22.5 Å². The molecule has 1 rings (SSSR count). The van der Waals surface area contributed by atoms with Crippen molar-refractivity contribution in [3.8, 4) is 0 Å². The van der Waals surface area contributed by atoms with Crippen LogP contribution in [-0.2, 0) is 0 Å². The fourth-order valence-corrected chi connectivity index (χ4v) is 1.54. The van der Waals surface area contributed by atoms with Crippen molar-refractivity contribution < 1.29 is 9.31 Å². The van der Waals surface area contributed by atoms with Gasteiger partial charge in [0.25, 0.3) is 5.69 Å². The number of halogens is 2. The van der Waals surface area contributed by atoms with Crippen molar-refractivity contribution in [1.82, 2.24) is 0 Å². The zero-order valence-corrected chi connectivity index (χ0v) is 10.3. The second kappa shape index (κ2) is 5.75. The third kappa shape index (κ3) is 3.13. The number of rotatable bonds is 4. The molecule has 0 aliphatic heterocycles. The number of benzene rings is 1. The molecule has 0 saturated carbocycles. The Morgan fingerprint density at radius 2 is 2.25 bits per heavy atom. The third-order valence-corrected chi connectivity index (χ3v) is 2.54. The average molecular weight is 288 g/mol. The smallest absolute Gasteiger partial charge is 0.258 e. The zero-order valence-electron chi connectivity index (χ0n) is 8.74. The Kier molecular flexibility index (Phi) is 4.61. The lowest BCUT2D eigenvalue weighted by atomic mass is 10.1. The van der Waals surface area contributed by atoms with E-state index in [1.54, 1.807) is 12.2 Å². The van der Waals surface area contributed by atoms with Crippen LogP contribution in [-0.4, -0.2) is 10.3 Å². The van der Waals surface area contributed by atoms with Crippen LogP contribution in [0.15, 0.2) is 18.2 Å². The Morgan fingerprint density at radius 3 is 2.81 bits per heavy atom. The number of hydrogen-bond acceptors (Lipinski definition) is 2. The summed E-state index contributed by atoms with van der Waals surface area (Å²) in [6.07, 6.45) is 4.08. The second-order valence-corrected chi connectivity index (χ2v) is 4.09. The predicted octanol–water partition coefficient (Wildman–Crippen LogP) is 3.84. The van der Waals surface area contributed by atoms with Gasteiger partial charge in [-0.25, -0.2) is 4.39 Å². The van der Waals surface area contributed by atoms with Gasteiger partial charge < -0.3 is 0 Å². The Bertz CT molecular complexity index is 432. The van der Waals surface area contributed by atoms with E-state index < -0.39 is 10.7 Å². The molecule has 1 aromatic rings. The highest BCUT2D eigenvalue weighted by Gasteiger charge is 2.13. The molecule has 1 aromatic carbocycles. The first kappa shape index (κ1) is 12.8. The molecule has 0 unspecified atom stereocenters. The van der Waals surface area contributed by atoms with Crippen LogP contribution in [0.5, 0.6) is 0 Å². The molecular weight excluding hydrogens is 277 g/mol. The Morgan fingerprint density at radius 1 is 1.56 bits per heavy atom. The molecule has 16 heavy (non-hydrogen) atoms. The topological polar surface area (TPSA) is 43.1 Å². The third-order valence-electron chi connectivity index (χ3n) is 2.09. The fourth-order valence-electron chi connectivity index (χ4n) is 1.28. The average Bonchev–Trinajstić information content (AvgIpc) is 2.21. The Hall–Kier alpha value is -1.23. The van der Waals surface area contributed by atoms with Crippen molar-refractivity contribution in [2.75, 3.05) is 5.33 Å². The second-order valence-electron chi connectivity index (χ2n) is 3.30. The van der Waals surface area contributed by atoms with E-state index in [0.717, 1.165) is 11.8 Å². The molecular formula is C11H11BrFNO2. The lowest BCUT2D eigenvalue weighted by molar-refractivity contribution is -0.385. The maximum absolute atomic E-state index is 13.4. The molecule has 0 saturated heterocycles. The van der Waals surface area contributed by atoms with Gasteiger partial charge in [0.15, 0.2) is 0 Å². The van der Waals surface area contributed by atoms with E-state index >= 15 is 0 Å². The highest BCUT2D eigenvalue weighted by Crippen LogP contribution is 2.23. The summed E-state index contributed by atoms with van der Waals surface area (Å²) in [5.41, 5.74) is 0.526. The summed E-state index contributed by atoms with van der Waals surface area (Å²) in [5.74, 6) is -0.436. The fraction of sp³-hybridized carbons (Fsp3) is 0.273. The number of hydrogen-bond donors (Lipinski definition) is 0. The van der Waals surface area contributed by atoms with Crippen LogP contribution >= 0.6 is 15.9 Å². The Labute approximate surface area is 101 Å². The minimum absolute atomic E-state index is 0.0557. The number of nitrogens with zero attached hydrogens (tertiary/aromatic N) is 1. The maximum atomic E-state index is 13.4. The van der Waals surface area contributed by atoms with E-state index in [9.17, 15) is 14.5 Å². The maximum Gasteiger partial charge on any atom is 0.273 e. The van der Waals surface area contributed by atoms with Gasteiger partial charge in [-0.2, -0.15) is 0 Å². The summed E-state index contributed by atoms with van der Waals surface area (Å²) < 4.78 is 13.4. The highest BCUT2D eigenvalue weighted by molar-refractivity contribution is 9.09. The number of alkyl halides is 1. The number of nitro groups is 1. The van der Waals surface area contributed by atoms with Crippen LogP contribution in [0.1, 0.15) is 17.5 Å². The molecule has 0 radical (unpaired) electrons. The summed E-state index contributed by atoms with van der Waals surface area (Å²) in [6, 6.07) is 2.45. The minimum atomic E-state index is -0.503. The van der Waals surface area contributed by atoms with E-state index in [1.807, 2.05) is 0 Å². The van der Waals surface area contributed by atoms with Crippen LogP contribution in [0.4, 0.5) is 10.1 Å². The molecule has 0 aliphatic rings. The molecule has 86 valence electrons. The summed E-state index contributed by atoms with van der Waals surface area (Å²) in [6.45, 7) is 1.52. The van der Waals surface area contributed by atoms with Gasteiger partial charge in [-0.3, -0.25) is 10.1 Å². The van der Waals surface area contributed by atoms with Gasteiger partial charge in [-0.05, 0) is 19.4 Å². The molecule has 0 aromatic heterocycles. The normalized spacial score (nSPS) is 10.9. The molecule has 0 aliphatic carbocycles. The summed E-state index contributed by atoms with van der Waals surface area (Å²) >= 11 is 3.24. The zero-order chi connectivity index (χ0) is 12.1. The van der Waals surface area contributed by atoms with Crippen molar-refractivity contribution in [2.24, 2.45) is 0 Å². The van der Waals surface area contributed by atoms with Crippen molar-refractivity contribution in [2.45, 2.75) is 13.3 Å². The summed E-state index contributed by atoms with van der Waals surface area (Å²) in [7, 11) is 0. The van der Waals surface area contributed by atoms with Crippen LogP contribution < -0.4 is 0 Å². The van der Waals surface area contributed by atoms with Gasteiger partial charge in [-0.15, -0.1) is 0 Å². The summed E-state index contributed by atoms with van der Waals surface area (Å²) in [4.78, 5) is 10.2. The molecule has 0 bridgehead atoms. The number of allylic oxidation sites excluding steroid dienone is 1. The van der Waals surface area contributed by atoms with Crippen LogP contribution in [0, 0.1) is 22.9 Å².